The van der Waals surface area contributed by atoms with E-state index in [1.807, 2.05) is 6.92 Å². The molecule has 194 valence electrons. The maximum Gasteiger partial charge on any atom is 0.0193 e. The molecule has 0 amide bonds. The Kier molecular flexibility index (Phi) is 60.7. The van der Waals surface area contributed by atoms with E-state index in [-0.39, 0.29) is 0 Å². The molecule has 1 saturated heterocycles. The maximum absolute atomic E-state index is 6.66. The van der Waals surface area contributed by atoms with Crippen LogP contribution in [0.5, 0.6) is 0 Å². The summed E-state index contributed by atoms with van der Waals surface area (Å²) in [6, 6.07) is 1.60. The van der Waals surface area contributed by atoms with Gasteiger partial charge in [-0.1, -0.05) is 86.0 Å². The molecule has 0 saturated carbocycles. The summed E-state index contributed by atoms with van der Waals surface area (Å²) in [5.41, 5.74) is 0. The highest BCUT2D eigenvalue weighted by Crippen LogP contribution is 2.05. The third-order valence-corrected chi connectivity index (χ3v) is 4.23. The fraction of sp³-hybridized carbons (Fsp3) is 0.852. The highest BCUT2D eigenvalue weighted by atomic mass is 15.1. The Hall–Kier alpha value is -1.36. The summed E-state index contributed by atoms with van der Waals surface area (Å²) < 4.78 is 0. The summed E-state index contributed by atoms with van der Waals surface area (Å²) in [7, 11) is 0. The normalized spacial score (nSPS) is 14.4. The monoisotopic (exact) mass is 455 g/mol. The largest absolute Gasteiger partial charge is 0.313 e. The standard InChI is InChI=1S/C7H16.C6H13N.C5H11N.C4H9N.C3H7N.C2H5N/c1-3-5-7-6-4-2;1-2-3-4-5-6-7;1-2-3-4-5-6;1-3-4(2)5-3;1-2-3-4;1-2-3/h3-7H2,1-2H3;6-7H,2-5H2,1H3;5-6H,2-4H2,1H3;3-5H,1-2H3;3-4H,2H2,1H3;2-3H,1H3. The van der Waals surface area contributed by atoms with Gasteiger partial charge < -0.3 is 27.0 Å². The van der Waals surface area contributed by atoms with Crippen LogP contribution in [0.2, 0.25) is 0 Å². The van der Waals surface area contributed by atoms with Crippen molar-refractivity contribution < 1.29 is 0 Å². The molecule has 0 aromatic carbocycles. The van der Waals surface area contributed by atoms with E-state index in [0.29, 0.717) is 0 Å². The highest BCUT2D eigenvalue weighted by molar-refractivity contribution is 5.52. The van der Waals surface area contributed by atoms with Crippen LogP contribution in [0.4, 0.5) is 0 Å². The van der Waals surface area contributed by atoms with Crippen molar-refractivity contribution in [1.82, 2.24) is 5.32 Å². The molecule has 1 fully saturated rings. The van der Waals surface area contributed by atoms with Crippen LogP contribution in [-0.4, -0.2) is 36.9 Å². The number of nitrogens with one attached hydrogen (secondary N) is 5. The van der Waals surface area contributed by atoms with E-state index in [2.05, 4.69) is 46.9 Å². The predicted molar refractivity (Wildman–Crippen MR) is 151 cm³/mol. The van der Waals surface area contributed by atoms with Gasteiger partial charge in [0, 0.05) is 12.1 Å². The van der Waals surface area contributed by atoms with Crippen molar-refractivity contribution in [3.05, 3.63) is 0 Å². The van der Waals surface area contributed by atoms with Crippen LogP contribution in [0.3, 0.4) is 0 Å². The van der Waals surface area contributed by atoms with Gasteiger partial charge in [0.1, 0.15) is 0 Å². The predicted octanol–water partition coefficient (Wildman–Crippen LogP) is 9.09. The summed E-state index contributed by atoms with van der Waals surface area (Å²) in [6.07, 6.45) is 21.5. The molecular formula is C27H61N5. The van der Waals surface area contributed by atoms with Crippen molar-refractivity contribution >= 4 is 24.9 Å². The van der Waals surface area contributed by atoms with Crippen LogP contribution >= 0.6 is 0 Å². The minimum Gasteiger partial charge on any atom is -0.313 e. The van der Waals surface area contributed by atoms with Crippen molar-refractivity contribution in [2.75, 3.05) is 0 Å². The average Bonchev–Trinajstić information content (AvgIpc) is 3.46. The Labute approximate surface area is 203 Å². The molecule has 1 heterocycles. The van der Waals surface area contributed by atoms with Crippen LogP contribution in [0.25, 0.3) is 0 Å². The van der Waals surface area contributed by atoms with Gasteiger partial charge in [-0.3, -0.25) is 0 Å². The molecule has 0 bridgehead atoms. The molecular weight excluding hydrogens is 394 g/mol. The van der Waals surface area contributed by atoms with Crippen LogP contribution in [0, 0.1) is 21.6 Å². The smallest absolute Gasteiger partial charge is 0.0193 e. The van der Waals surface area contributed by atoms with Gasteiger partial charge in [0.15, 0.2) is 0 Å². The first-order valence-electron chi connectivity index (χ1n) is 13.1. The Morgan fingerprint density at radius 1 is 0.562 bits per heavy atom. The van der Waals surface area contributed by atoms with Crippen LogP contribution in [0.1, 0.15) is 139 Å². The number of unbranched alkanes of at least 4 members (excludes halogenated alkanes) is 9. The average molecular weight is 456 g/mol. The molecule has 0 spiro atoms. The molecule has 2 atom stereocenters. The number of hydrogen-bond donors (Lipinski definition) is 5. The highest BCUT2D eigenvalue weighted by Gasteiger charge is 2.24. The van der Waals surface area contributed by atoms with Crippen molar-refractivity contribution in [2.24, 2.45) is 0 Å². The van der Waals surface area contributed by atoms with Crippen LogP contribution < -0.4 is 5.32 Å². The number of rotatable bonds is 12. The van der Waals surface area contributed by atoms with E-state index < -0.39 is 0 Å². The van der Waals surface area contributed by atoms with Gasteiger partial charge in [0.2, 0.25) is 0 Å². The molecule has 1 rings (SSSR count). The van der Waals surface area contributed by atoms with E-state index in [9.17, 15) is 0 Å². The SMILES string of the molecule is CC1NC1C.CC=N.CCC=N.CCCCC=N.CCCCCC=N.CCCCCCC. The van der Waals surface area contributed by atoms with E-state index >= 15 is 0 Å². The lowest BCUT2D eigenvalue weighted by atomic mass is 10.2. The topological polar surface area (TPSA) is 117 Å². The third-order valence-electron chi connectivity index (χ3n) is 4.23. The molecule has 0 radical (unpaired) electrons. The molecule has 2 unspecified atom stereocenters. The molecule has 5 nitrogen and oxygen atoms in total. The number of hydrogen-bond acceptors (Lipinski definition) is 5. The van der Waals surface area contributed by atoms with Gasteiger partial charge in [-0.15, -0.1) is 0 Å². The molecule has 1 aliphatic heterocycles. The Balaban J connectivity index is -0.0000000930. The first-order valence-corrected chi connectivity index (χ1v) is 13.1. The van der Waals surface area contributed by atoms with Gasteiger partial charge in [0.25, 0.3) is 0 Å². The van der Waals surface area contributed by atoms with Crippen molar-refractivity contribution in [3.8, 4) is 0 Å². The minimum absolute atomic E-state index is 0.801. The zero-order chi connectivity index (χ0) is 25.9. The molecule has 0 aromatic heterocycles. The summed E-state index contributed by atoms with van der Waals surface area (Å²) in [5, 5.41) is 28.8. The molecule has 5 N–H and O–H groups in total. The first-order chi connectivity index (χ1) is 15.4. The second-order valence-corrected chi connectivity index (χ2v) is 7.75. The fourth-order valence-electron chi connectivity index (χ4n) is 1.84. The summed E-state index contributed by atoms with van der Waals surface area (Å²) in [6.45, 7) is 16.8. The van der Waals surface area contributed by atoms with E-state index in [0.717, 1.165) is 31.3 Å². The maximum atomic E-state index is 6.66. The van der Waals surface area contributed by atoms with Crippen molar-refractivity contribution in [1.29, 1.82) is 21.6 Å². The lowest BCUT2D eigenvalue weighted by Crippen LogP contribution is -1.74. The fourth-order valence-corrected chi connectivity index (χ4v) is 1.84. The second kappa shape index (κ2) is 47.4. The van der Waals surface area contributed by atoms with E-state index in [1.165, 1.54) is 89.1 Å². The van der Waals surface area contributed by atoms with Gasteiger partial charge in [0.05, 0.1) is 0 Å². The zero-order valence-corrected chi connectivity index (χ0v) is 23.2. The second-order valence-electron chi connectivity index (χ2n) is 7.75. The quantitative estimate of drug-likeness (QED) is 0.113. The molecule has 32 heavy (non-hydrogen) atoms. The first kappa shape index (κ1) is 40.9. The lowest BCUT2D eigenvalue weighted by Gasteiger charge is -1.90. The Bertz CT molecular complexity index is 322. The van der Waals surface area contributed by atoms with Gasteiger partial charge in [-0.25, -0.2) is 0 Å². The molecule has 5 heteroatoms. The van der Waals surface area contributed by atoms with E-state index in [4.69, 9.17) is 21.6 Å². The van der Waals surface area contributed by atoms with Crippen LogP contribution in [0.15, 0.2) is 0 Å². The third kappa shape index (κ3) is 79.0. The van der Waals surface area contributed by atoms with Crippen molar-refractivity contribution in [3.63, 3.8) is 0 Å². The van der Waals surface area contributed by atoms with Gasteiger partial charge >= 0.3 is 0 Å². The summed E-state index contributed by atoms with van der Waals surface area (Å²) in [5.74, 6) is 0. The minimum atomic E-state index is 0.801. The summed E-state index contributed by atoms with van der Waals surface area (Å²) >= 11 is 0. The molecule has 0 aliphatic carbocycles. The van der Waals surface area contributed by atoms with Gasteiger partial charge in [-0.05, 0) is 77.7 Å². The summed E-state index contributed by atoms with van der Waals surface area (Å²) in [4.78, 5) is 0. The Morgan fingerprint density at radius 2 is 0.844 bits per heavy atom. The molecule has 0 aromatic rings. The molecule has 1 aliphatic rings. The Morgan fingerprint density at radius 3 is 1.03 bits per heavy atom. The van der Waals surface area contributed by atoms with Gasteiger partial charge in [-0.2, -0.15) is 0 Å². The lowest BCUT2D eigenvalue weighted by molar-refractivity contribution is 0.656. The van der Waals surface area contributed by atoms with Crippen molar-refractivity contribution in [2.45, 2.75) is 151 Å². The zero-order valence-electron chi connectivity index (χ0n) is 23.2. The van der Waals surface area contributed by atoms with Crippen LogP contribution in [-0.2, 0) is 0 Å². The van der Waals surface area contributed by atoms with E-state index in [1.54, 1.807) is 6.92 Å².